The van der Waals surface area contributed by atoms with E-state index in [-0.39, 0.29) is 24.5 Å². The zero-order valence-electron chi connectivity index (χ0n) is 15.4. The number of rotatable bonds is 4. The lowest BCUT2D eigenvalue weighted by atomic mass is 10.1. The van der Waals surface area contributed by atoms with Crippen LogP contribution in [0.3, 0.4) is 0 Å². The number of ether oxygens (including phenoxy) is 1. The molecule has 1 atom stereocenters. The lowest BCUT2D eigenvalue weighted by Crippen LogP contribution is -2.52. The summed E-state index contributed by atoms with van der Waals surface area (Å²) >= 11 is 0. The third kappa shape index (κ3) is 6.18. The van der Waals surface area contributed by atoms with Gasteiger partial charge >= 0.3 is 6.09 Å². The first-order valence-corrected chi connectivity index (χ1v) is 8.95. The summed E-state index contributed by atoms with van der Waals surface area (Å²) in [6, 6.07) is 2.16. The summed E-state index contributed by atoms with van der Waals surface area (Å²) in [6.45, 7) is 7.84. The van der Waals surface area contributed by atoms with Gasteiger partial charge in [0.2, 0.25) is 5.91 Å². The molecule has 2 rings (SSSR count). The Balaban J connectivity index is 1.66. The summed E-state index contributed by atoms with van der Waals surface area (Å²) in [7, 11) is 0. The third-order valence-corrected chi connectivity index (χ3v) is 4.41. The summed E-state index contributed by atoms with van der Waals surface area (Å²) in [5.74, 6) is -0.00152. The van der Waals surface area contributed by atoms with Gasteiger partial charge in [-0.15, -0.1) is 0 Å². The van der Waals surface area contributed by atoms with Crippen molar-refractivity contribution < 1.29 is 14.3 Å². The SMILES string of the molecule is CC(C)(C)OC(=O)NN1CCC(NCC(=O)N2CCCC2C#N)CC1. The quantitative estimate of drug-likeness (QED) is 0.784. The van der Waals surface area contributed by atoms with E-state index in [2.05, 4.69) is 16.8 Å². The summed E-state index contributed by atoms with van der Waals surface area (Å²) in [6.07, 6.45) is 2.91. The monoisotopic (exact) mass is 351 g/mol. The van der Waals surface area contributed by atoms with Crippen LogP contribution >= 0.6 is 0 Å². The molecule has 2 fully saturated rings. The molecule has 2 N–H and O–H groups in total. The van der Waals surface area contributed by atoms with Crippen molar-refractivity contribution in [3.05, 3.63) is 0 Å². The molecule has 0 aromatic carbocycles. The minimum atomic E-state index is -0.513. The van der Waals surface area contributed by atoms with Crippen LogP contribution in [0.5, 0.6) is 0 Å². The highest BCUT2D eigenvalue weighted by atomic mass is 16.6. The lowest BCUT2D eigenvalue weighted by Gasteiger charge is -2.33. The molecule has 2 amide bonds. The number of hydrogen-bond donors (Lipinski definition) is 2. The molecule has 0 spiro atoms. The van der Waals surface area contributed by atoms with Crippen LogP contribution in [0.1, 0.15) is 46.5 Å². The molecule has 1 unspecified atom stereocenters. The normalized spacial score (nSPS) is 22.5. The van der Waals surface area contributed by atoms with Crippen molar-refractivity contribution in [3.63, 3.8) is 0 Å². The molecule has 140 valence electrons. The number of hydrazine groups is 1. The van der Waals surface area contributed by atoms with Crippen molar-refractivity contribution in [2.75, 3.05) is 26.2 Å². The van der Waals surface area contributed by atoms with Gasteiger partial charge in [0.1, 0.15) is 11.6 Å². The lowest BCUT2D eigenvalue weighted by molar-refractivity contribution is -0.130. The first kappa shape index (κ1) is 19.5. The van der Waals surface area contributed by atoms with Gasteiger partial charge in [-0.25, -0.2) is 9.80 Å². The van der Waals surface area contributed by atoms with Crippen molar-refractivity contribution >= 4 is 12.0 Å². The minimum Gasteiger partial charge on any atom is -0.443 e. The Morgan fingerprint density at radius 1 is 1.20 bits per heavy atom. The highest BCUT2D eigenvalue weighted by molar-refractivity contribution is 5.79. The van der Waals surface area contributed by atoms with Crippen LogP contribution in [0, 0.1) is 11.3 Å². The fourth-order valence-electron chi connectivity index (χ4n) is 3.16. The van der Waals surface area contributed by atoms with E-state index >= 15 is 0 Å². The molecule has 2 saturated heterocycles. The predicted molar refractivity (Wildman–Crippen MR) is 92.3 cm³/mol. The topological polar surface area (TPSA) is 97.7 Å². The molecule has 0 aromatic rings. The molecule has 0 saturated carbocycles. The van der Waals surface area contributed by atoms with Crippen molar-refractivity contribution in [2.24, 2.45) is 0 Å². The smallest absolute Gasteiger partial charge is 0.422 e. The Bertz CT molecular complexity index is 517. The molecule has 8 nitrogen and oxygen atoms in total. The van der Waals surface area contributed by atoms with Gasteiger partial charge < -0.3 is 15.0 Å². The van der Waals surface area contributed by atoms with Gasteiger partial charge in [0, 0.05) is 25.7 Å². The number of nitrogens with zero attached hydrogens (tertiary/aromatic N) is 3. The van der Waals surface area contributed by atoms with Crippen LogP contribution in [-0.2, 0) is 9.53 Å². The first-order chi connectivity index (χ1) is 11.8. The molecule has 2 aliphatic rings. The van der Waals surface area contributed by atoms with Gasteiger partial charge in [-0.2, -0.15) is 5.26 Å². The Morgan fingerprint density at radius 2 is 1.88 bits per heavy atom. The van der Waals surface area contributed by atoms with Gasteiger partial charge in [0.15, 0.2) is 0 Å². The van der Waals surface area contributed by atoms with E-state index in [1.54, 1.807) is 4.90 Å². The molecule has 2 aliphatic heterocycles. The Hall–Kier alpha value is -1.85. The number of likely N-dealkylation sites (tertiary alicyclic amines) is 1. The van der Waals surface area contributed by atoms with Crippen LogP contribution < -0.4 is 10.7 Å². The average Bonchev–Trinajstić information content (AvgIpc) is 3.00. The third-order valence-electron chi connectivity index (χ3n) is 4.41. The zero-order valence-corrected chi connectivity index (χ0v) is 15.4. The number of carbonyl (C=O) groups is 2. The van der Waals surface area contributed by atoms with Gasteiger partial charge in [-0.3, -0.25) is 10.2 Å². The van der Waals surface area contributed by atoms with E-state index in [1.165, 1.54) is 0 Å². The number of nitrogens with one attached hydrogen (secondary N) is 2. The van der Waals surface area contributed by atoms with Gasteiger partial charge in [0.05, 0.1) is 12.6 Å². The summed E-state index contributed by atoms with van der Waals surface area (Å²) < 4.78 is 5.24. The Kier molecular flexibility index (Phi) is 6.62. The standard InChI is InChI=1S/C17H29N5O3/c1-17(2,3)25-16(24)20-21-9-6-13(7-10-21)19-12-15(23)22-8-4-5-14(22)11-18/h13-14,19H,4-10,12H2,1-3H3,(H,20,24). The van der Waals surface area contributed by atoms with Crippen LogP contribution in [0.25, 0.3) is 0 Å². The Labute approximate surface area is 149 Å². The second-order valence-corrected chi connectivity index (χ2v) is 7.63. The number of hydrogen-bond acceptors (Lipinski definition) is 6. The molecule has 0 bridgehead atoms. The fourth-order valence-corrected chi connectivity index (χ4v) is 3.16. The number of amides is 2. The van der Waals surface area contributed by atoms with E-state index in [0.717, 1.165) is 25.7 Å². The molecule has 0 radical (unpaired) electrons. The summed E-state index contributed by atoms with van der Waals surface area (Å²) in [5, 5.41) is 14.2. The molecule has 8 heteroatoms. The molecule has 0 aliphatic carbocycles. The van der Waals surface area contributed by atoms with Crippen molar-refractivity contribution in [2.45, 2.75) is 64.1 Å². The van der Waals surface area contributed by atoms with Crippen molar-refractivity contribution in [3.8, 4) is 6.07 Å². The highest BCUT2D eigenvalue weighted by Gasteiger charge is 2.29. The van der Waals surface area contributed by atoms with E-state index < -0.39 is 11.7 Å². The molecule has 25 heavy (non-hydrogen) atoms. The van der Waals surface area contributed by atoms with Gasteiger partial charge in [0.25, 0.3) is 0 Å². The highest BCUT2D eigenvalue weighted by Crippen LogP contribution is 2.16. The predicted octanol–water partition coefficient (Wildman–Crippen LogP) is 0.995. The van der Waals surface area contributed by atoms with Crippen LogP contribution in [0.4, 0.5) is 4.79 Å². The zero-order chi connectivity index (χ0) is 18.4. The molecular weight excluding hydrogens is 322 g/mol. The fraction of sp³-hybridized carbons (Fsp3) is 0.824. The number of carbonyl (C=O) groups excluding carboxylic acids is 2. The van der Waals surface area contributed by atoms with E-state index in [9.17, 15) is 9.59 Å². The van der Waals surface area contributed by atoms with Crippen molar-refractivity contribution in [1.29, 1.82) is 5.26 Å². The maximum absolute atomic E-state index is 12.2. The van der Waals surface area contributed by atoms with E-state index in [0.29, 0.717) is 19.6 Å². The largest absolute Gasteiger partial charge is 0.443 e. The first-order valence-electron chi connectivity index (χ1n) is 8.95. The maximum atomic E-state index is 12.2. The molecular formula is C17H29N5O3. The molecule has 0 aromatic heterocycles. The summed E-state index contributed by atoms with van der Waals surface area (Å²) in [4.78, 5) is 25.7. The van der Waals surface area contributed by atoms with E-state index in [4.69, 9.17) is 10.00 Å². The molecule has 2 heterocycles. The second-order valence-electron chi connectivity index (χ2n) is 7.63. The summed E-state index contributed by atoms with van der Waals surface area (Å²) in [5.41, 5.74) is 2.24. The minimum absolute atomic E-state index is 0.00152. The van der Waals surface area contributed by atoms with Gasteiger partial charge in [-0.05, 0) is 46.5 Å². The average molecular weight is 351 g/mol. The maximum Gasteiger partial charge on any atom is 0.422 e. The number of piperidine rings is 1. The Morgan fingerprint density at radius 3 is 2.48 bits per heavy atom. The van der Waals surface area contributed by atoms with Crippen molar-refractivity contribution in [1.82, 2.24) is 20.7 Å². The van der Waals surface area contributed by atoms with Crippen LogP contribution in [-0.4, -0.2) is 65.8 Å². The van der Waals surface area contributed by atoms with Crippen LogP contribution in [0.2, 0.25) is 0 Å². The van der Waals surface area contributed by atoms with E-state index in [1.807, 2.05) is 25.8 Å². The van der Waals surface area contributed by atoms with Crippen LogP contribution in [0.15, 0.2) is 0 Å². The number of nitriles is 1. The second kappa shape index (κ2) is 8.50. The van der Waals surface area contributed by atoms with Gasteiger partial charge in [-0.1, -0.05) is 0 Å².